The van der Waals surface area contributed by atoms with E-state index >= 15 is 0 Å². The van der Waals surface area contributed by atoms with Gasteiger partial charge in [0.2, 0.25) is 0 Å². The van der Waals surface area contributed by atoms with Crippen molar-refractivity contribution in [1.82, 2.24) is 10.2 Å². The predicted molar refractivity (Wildman–Crippen MR) is 72.7 cm³/mol. The van der Waals surface area contributed by atoms with Gasteiger partial charge in [-0.05, 0) is 18.4 Å². The van der Waals surface area contributed by atoms with E-state index in [2.05, 4.69) is 17.4 Å². The van der Waals surface area contributed by atoms with Gasteiger partial charge in [-0.1, -0.05) is 30.3 Å². The molecule has 1 rings (SSSR count). The van der Waals surface area contributed by atoms with Crippen molar-refractivity contribution in [3.05, 3.63) is 35.9 Å². The molecule has 0 aliphatic heterocycles. The number of rotatable bonds is 7. The van der Waals surface area contributed by atoms with Crippen LogP contribution in [0, 0.1) is 0 Å². The summed E-state index contributed by atoms with van der Waals surface area (Å²) in [6.45, 7) is 2.06. The van der Waals surface area contributed by atoms with Crippen LogP contribution in [0.1, 0.15) is 12.0 Å². The molecule has 1 aromatic rings. The molecule has 0 atom stereocenters. The van der Waals surface area contributed by atoms with Crippen LogP contribution in [-0.2, 0) is 11.2 Å². The molecule has 1 aromatic carbocycles. The topological polar surface area (TPSA) is 41.6 Å². The molecular formula is C14H22N2O2. The van der Waals surface area contributed by atoms with E-state index in [1.807, 2.05) is 18.2 Å². The number of hydrogen-bond acceptors (Lipinski definition) is 2. The van der Waals surface area contributed by atoms with Crippen molar-refractivity contribution in [1.29, 1.82) is 0 Å². The molecule has 4 heteroatoms. The van der Waals surface area contributed by atoms with Crippen LogP contribution in [-0.4, -0.2) is 44.8 Å². The van der Waals surface area contributed by atoms with E-state index in [4.69, 9.17) is 4.74 Å². The zero-order valence-corrected chi connectivity index (χ0v) is 11.2. The van der Waals surface area contributed by atoms with E-state index in [0.29, 0.717) is 19.7 Å². The number of hydrogen-bond donors (Lipinski definition) is 1. The van der Waals surface area contributed by atoms with Crippen LogP contribution in [0.2, 0.25) is 0 Å². The minimum absolute atomic E-state index is 0.0259. The molecule has 0 radical (unpaired) electrons. The molecule has 100 valence electrons. The van der Waals surface area contributed by atoms with Crippen molar-refractivity contribution in [2.24, 2.45) is 0 Å². The highest BCUT2D eigenvalue weighted by Gasteiger charge is 2.06. The van der Waals surface area contributed by atoms with Gasteiger partial charge in [0.1, 0.15) is 0 Å². The summed E-state index contributed by atoms with van der Waals surface area (Å²) in [6.07, 6.45) is 1.72. The summed E-state index contributed by atoms with van der Waals surface area (Å²) in [5.74, 6) is 0. The van der Waals surface area contributed by atoms with Crippen molar-refractivity contribution < 1.29 is 9.53 Å². The van der Waals surface area contributed by atoms with E-state index in [1.165, 1.54) is 5.56 Å². The molecule has 0 heterocycles. The molecule has 0 aliphatic rings. The molecule has 2 amide bonds. The van der Waals surface area contributed by atoms with Gasteiger partial charge in [0, 0.05) is 33.9 Å². The number of methoxy groups -OCH3 is 1. The van der Waals surface area contributed by atoms with Gasteiger partial charge in [-0.2, -0.15) is 0 Å². The average molecular weight is 250 g/mol. The first-order valence-electron chi connectivity index (χ1n) is 6.26. The molecule has 0 saturated heterocycles. The minimum Gasteiger partial charge on any atom is -0.385 e. The number of nitrogens with zero attached hydrogens (tertiary/aromatic N) is 1. The van der Waals surface area contributed by atoms with Gasteiger partial charge in [-0.25, -0.2) is 4.79 Å². The number of ether oxygens (including phenoxy) is 1. The lowest BCUT2D eigenvalue weighted by molar-refractivity contribution is 0.175. The number of amides is 2. The van der Waals surface area contributed by atoms with Crippen LogP contribution in [0.15, 0.2) is 30.3 Å². The highest BCUT2D eigenvalue weighted by atomic mass is 16.5. The molecule has 0 aliphatic carbocycles. The molecule has 0 spiro atoms. The monoisotopic (exact) mass is 250 g/mol. The fraction of sp³-hybridized carbons (Fsp3) is 0.500. The van der Waals surface area contributed by atoms with E-state index in [-0.39, 0.29) is 6.03 Å². The van der Waals surface area contributed by atoms with Gasteiger partial charge in [0.25, 0.3) is 0 Å². The molecular weight excluding hydrogens is 228 g/mol. The summed E-state index contributed by atoms with van der Waals surface area (Å²) < 4.78 is 4.95. The summed E-state index contributed by atoms with van der Waals surface area (Å²) in [5, 5.41) is 2.90. The van der Waals surface area contributed by atoms with Crippen LogP contribution >= 0.6 is 0 Å². The number of nitrogens with one attached hydrogen (secondary N) is 1. The maximum absolute atomic E-state index is 11.7. The van der Waals surface area contributed by atoms with E-state index in [1.54, 1.807) is 19.1 Å². The van der Waals surface area contributed by atoms with Crippen molar-refractivity contribution in [3.8, 4) is 0 Å². The molecule has 0 aromatic heterocycles. The van der Waals surface area contributed by atoms with E-state index in [9.17, 15) is 4.79 Å². The van der Waals surface area contributed by atoms with Crippen LogP contribution < -0.4 is 5.32 Å². The second kappa shape index (κ2) is 8.53. The van der Waals surface area contributed by atoms with E-state index in [0.717, 1.165) is 12.8 Å². The summed E-state index contributed by atoms with van der Waals surface area (Å²) in [6, 6.07) is 10.1. The Labute approximate surface area is 109 Å². The van der Waals surface area contributed by atoms with Crippen molar-refractivity contribution in [2.75, 3.05) is 33.9 Å². The lowest BCUT2D eigenvalue weighted by atomic mass is 10.1. The molecule has 0 bridgehead atoms. The number of urea groups is 1. The van der Waals surface area contributed by atoms with Crippen LogP contribution in [0.3, 0.4) is 0 Å². The standard InChI is InChI=1S/C14H22N2O2/c1-16(11-6-12-18-2)14(17)15-10-9-13-7-4-3-5-8-13/h3-5,7-8H,6,9-12H2,1-2H3,(H,15,17). The molecule has 1 N–H and O–H groups in total. The van der Waals surface area contributed by atoms with Crippen molar-refractivity contribution >= 4 is 6.03 Å². The third kappa shape index (κ3) is 5.68. The minimum atomic E-state index is -0.0259. The summed E-state index contributed by atoms with van der Waals surface area (Å²) in [7, 11) is 3.47. The first-order valence-corrected chi connectivity index (χ1v) is 6.26. The van der Waals surface area contributed by atoms with Crippen molar-refractivity contribution in [3.63, 3.8) is 0 Å². The fourth-order valence-corrected chi connectivity index (χ4v) is 1.64. The van der Waals surface area contributed by atoms with Gasteiger partial charge in [-0.3, -0.25) is 0 Å². The molecule has 18 heavy (non-hydrogen) atoms. The normalized spacial score (nSPS) is 10.1. The molecule has 0 fully saturated rings. The number of benzene rings is 1. The largest absolute Gasteiger partial charge is 0.385 e. The second-order valence-electron chi connectivity index (χ2n) is 4.24. The van der Waals surface area contributed by atoms with Gasteiger partial charge in [0.05, 0.1) is 0 Å². The third-order valence-electron chi connectivity index (χ3n) is 2.72. The SMILES string of the molecule is COCCCN(C)C(=O)NCCc1ccccc1. The smallest absolute Gasteiger partial charge is 0.317 e. The summed E-state index contributed by atoms with van der Waals surface area (Å²) in [4.78, 5) is 13.4. The Morgan fingerprint density at radius 3 is 2.72 bits per heavy atom. The lowest BCUT2D eigenvalue weighted by Crippen LogP contribution is -2.38. The number of carbonyl (C=O) groups excluding carboxylic acids is 1. The van der Waals surface area contributed by atoms with Gasteiger partial charge >= 0.3 is 6.03 Å². The Kier molecular flexibility index (Phi) is 6.87. The van der Waals surface area contributed by atoms with Crippen LogP contribution in [0.25, 0.3) is 0 Å². The first-order chi connectivity index (χ1) is 8.74. The Morgan fingerprint density at radius 1 is 1.33 bits per heavy atom. The molecule has 0 unspecified atom stereocenters. The zero-order chi connectivity index (χ0) is 13.2. The fourth-order valence-electron chi connectivity index (χ4n) is 1.64. The predicted octanol–water partition coefficient (Wildman–Crippen LogP) is 1.91. The van der Waals surface area contributed by atoms with E-state index < -0.39 is 0 Å². The highest BCUT2D eigenvalue weighted by molar-refractivity contribution is 5.73. The van der Waals surface area contributed by atoms with Crippen molar-refractivity contribution in [2.45, 2.75) is 12.8 Å². The van der Waals surface area contributed by atoms with Gasteiger partial charge in [-0.15, -0.1) is 0 Å². The summed E-state index contributed by atoms with van der Waals surface area (Å²) in [5.41, 5.74) is 1.24. The van der Waals surface area contributed by atoms with Crippen LogP contribution in [0.5, 0.6) is 0 Å². The Morgan fingerprint density at radius 2 is 2.06 bits per heavy atom. The van der Waals surface area contributed by atoms with Gasteiger partial charge < -0.3 is 15.0 Å². The first kappa shape index (κ1) is 14.5. The van der Waals surface area contributed by atoms with Gasteiger partial charge in [0.15, 0.2) is 0 Å². The third-order valence-corrected chi connectivity index (χ3v) is 2.72. The average Bonchev–Trinajstić information content (AvgIpc) is 2.40. The molecule has 4 nitrogen and oxygen atoms in total. The highest BCUT2D eigenvalue weighted by Crippen LogP contribution is 1.98. The zero-order valence-electron chi connectivity index (χ0n) is 11.2. The Balaban J connectivity index is 2.16. The molecule has 0 saturated carbocycles. The summed E-state index contributed by atoms with van der Waals surface area (Å²) >= 11 is 0. The van der Waals surface area contributed by atoms with Crippen LogP contribution in [0.4, 0.5) is 4.79 Å². The number of carbonyl (C=O) groups is 1. The maximum Gasteiger partial charge on any atom is 0.317 e. The lowest BCUT2D eigenvalue weighted by Gasteiger charge is -2.17. The maximum atomic E-state index is 11.7. The Bertz CT molecular complexity index is 341. The Hall–Kier alpha value is -1.55. The second-order valence-corrected chi connectivity index (χ2v) is 4.24. The quantitative estimate of drug-likeness (QED) is 0.751.